The Balaban J connectivity index is 1.51. The Kier molecular flexibility index (Phi) is 4.92. The van der Waals surface area contributed by atoms with Crippen molar-refractivity contribution in [2.45, 2.75) is 13.8 Å². The van der Waals surface area contributed by atoms with Gasteiger partial charge < -0.3 is 0 Å². The lowest BCUT2D eigenvalue weighted by Crippen LogP contribution is -1.93. The second-order valence-electron chi connectivity index (χ2n) is 10.0. The van der Waals surface area contributed by atoms with Crippen molar-refractivity contribution in [3.8, 4) is 22.3 Å². The van der Waals surface area contributed by atoms with Gasteiger partial charge in [-0.3, -0.25) is 9.59 Å². The SMILES string of the molecule is CC(=O)c1ccc(-c2ccc3c4cccc5c(-c6ccc(C(C)=O)cc6)ccc(c6cccc2c63)c54)cc1. The third-order valence-corrected chi connectivity index (χ3v) is 7.87. The fourth-order valence-electron chi connectivity index (χ4n) is 5.98. The van der Waals surface area contributed by atoms with Crippen molar-refractivity contribution in [1.82, 2.24) is 0 Å². The number of carbonyl (C=O) groups is 2. The molecule has 0 aliphatic rings. The Morgan fingerprint density at radius 1 is 0.395 bits per heavy atom. The van der Waals surface area contributed by atoms with Crippen molar-refractivity contribution in [2.75, 3.05) is 0 Å². The summed E-state index contributed by atoms with van der Waals surface area (Å²) in [5.41, 5.74) is 5.99. The Morgan fingerprint density at radius 2 is 0.737 bits per heavy atom. The van der Waals surface area contributed by atoms with E-state index in [1.807, 2.05) is 48.5 Å². The Hall–Kier alpha value is -4.82. The molecule has 0 N–H and O–H groups in total. The Bertz CT molecular complexity index is 1870. The van der Waals surface area contributed by atoms with Crippen LogP contribution in [-0.2, 0) is 0 Å². The fraction of sp³-hybridized carbons (Fsp3) is 0.0556. The van der Waals surface area contributed by atoms with Crippen LogP contribution in [0.25, 0.3) is 65.3 Å². The molecule has 0 saturated heterocycles. The monoisotopic (exact) mass is 488 g/mol. The number of fused-ring (bicyclic) bond motifs is 2. The van der Waals surface area contributed by atoms with E-state index in [1.54, 1.807) is 13.8 Å². The van der Waals surface area contributed by atoms with E-state index in [0.29, 0.717) is 0 Å². The largest absolute Gasteiger partial charge is 0.295 e. The van der Waals surface area contributed by atoms with E-state index in [4.69, 9.17) is 0 Å². The fourth-order valence-corrected chi connectivity index (χ4v) is 5.98. The molecule has 2 nitrogen and oxygen atoms in total. The van der Waals surface area contributed by atoms with Gasteiger partial charge in [-0.15, -0.1) is 0 Å². The first-order chi connectivity index (χ1) is 18.5. The van der Waals surface area contributed by atoms with Crippen molar-refractivity contribution in [3.63, 3.8) is 0 Å². The van der Waals surface area contributed by atoms with Crippen molar-refractivity contribution < 1.29 is 9.59 Å². The summed E-state index contributed by atoms with van der Waals surface area (Å²) in [6, 6.07) is 37.8. The van der Waals surface area contributed by atoms with Gasteiger partial charge in [0.1, 0.15) is 0 Å². The average molecular weight is 489 g/mol. The number of benzene rings is 7. The third kappa shape index (κ3) is 3.27. The van der Waals surface area contributed by atoms with Crippen LogP contribution in [0.15, 0.2) is 109 Å². The normalized spacial score (nSPS) is 11.6. The minimum atomic E-state index is 0.0762. The summed E-state index contributed by atoms with van der Waals surface area (Å²) in [7, 11) is 0. The molecule has 0 fully saturated rings. The topological polar surface area (TPSA) is 34.1 Å². The van der Waals surface area contributed by atoms with Crippen molar-refractivity contribution in [1.29, 1.82) is 0 Å². The van der Waals surface area contributed by atoms with Gasteiger partial charge in [-0.2, -0.15) is 0 Å². The van der Waals surface area contributed by atoms with Crippen molar-refractivity contribution in [2.24, 2.45) is 0 Å². The first-order valence-electron chi connectivity index (χ1n) is 12.9. The number of carbonyl (C=O) groups excluding carboxylic acids is 2. The summed E-state index contributed by atoms with van der Waals surface area (Å²) >= 11 is 0. The second-order valence-corrected chi connectivity index (χ2v) is 10.0. The van der Waals surface area contributed by atoms with Gasteiger partial charge in [0.05, 0.1) is 0 Å². The van der Waals surface area contributed by atoms with Gasteiger partial charge in [0.15, 0.2) is 11.6 Å². The van der Waals surface area contributed by atoms with Gasteiger partial charge in [-0.25, -0.2) is 0 Å². The molecule has 0 radical (unpaired) electrons. The van der Waals surface area contributed by atoms with Crippen LogP contribution in [0.3, 0.4) is 0 Å². The maximum absolute atomic E-state index is 11.8. The molecular weight excluding hydrogens is 464 g/mol. The smallest absolute Gasteiger partial charge is 0.159 e. The molecule has 0 unspecified atom stereocenters. The van der Waals surface area contributed by atoms with Gasteiger partial charge in [-0.05, 0) is 79.2 Å². The zero-order valence-electron chi connectivity index (χ0n) is 21.2. The molecule has 0 aliphatic heterocycles. The lowest BCUT2D eigenvalue weighted by Gasteiger charge is -2.18. The number of hydrogen-bond donors (Lipinski definition) is 0. The number of hydrogen-bond acceptors (Lipinski definition) is 2. The molecule has 2 heteroatoms. The maximum Gasteiger partial charge on any atom is 0.159 e. The standard InChI is InChI=1S/C36H24O2/c1-21(37)23-9-13-25(14-10-23)27-17-19-33-32-8-4-6-30-28(26-15-11-24(12-16-26)22(2)38)18-20-34(36(30)32)31-7-3-5-29(27)35(31)33/h3-20H,1-2H3. The Labute approximate surface area is 220 Å². The molecule has 0 bridgehead atoms. The molecule has 7 aromatic carbocycles. The van der Waals surface area contributed by atoms with Gasteiger partial charge >= 0.3 is 0 Å². The minimum absolute atomic E-state index is 0.0762. The summed E-state index contributed by atoms with van der Waals surface area (Å²) in [5, 5.41) is 9.90. The molecule has 0 heterocycles. The van der Waals surface area contributed by atoms with E-state index in [-0.39, 0.29) is 11.6 Å². The molecule has 0 saturated carbocycles. The van der Waals surface area contributed by atoms with Crippen LogP contribution >= 0.6 is 0 Å². The second kappa shape index (κ2) is 8.36. The van der Waals surface area contributed by atoms with E-state index in [0.717, 1.165) is 22.3 Å². The zero-order valence-corrected chi connectivity index (χ0v) is 21.2. The number of rotatable bonds is 4. The summed E-state index contributed by atoms with van der Waals surface area (Å²) in [4.78, 5) is 23.6. The summed E-state index contributed by atoms with van der Waals surface area (Å²) < 4.78 is 0. The molecule has 0 spiro atoms. The number of ketones is 2. The van der Waals surface area contributed by atoms with E-state index in [9.17, 15) is 9.59 Å². The van der Waals surface area contributed by atoms with Gasteiger partial charge in [0, 0.05) is 11.1 Å². The van der Waals surface area contributed by atoms with Gasteiger partial charge in [-0.1, -0.05) is 109 Å². The summed E-state index contributed by atoms with van der Waals surface area (Å²) in [6.07, 6.45) is 0. The van der Waals surface area contributed by atoms with E-state index in [2.05, 4.69) is 60.7 Å². The van der Waals surface area contributed by atoms with E-state index >= 15 is 0 Å². The van der Waals surface area contributed by atoms with Crippen LogP contribution in [-0.4, -0.2) is 11.6 Å². The molecular formula is C36H24O2. The molecule has 0 atom stereocenters. The van der Waals surface area contributed by atoms with E-state index in [1.165, 1.54) is 54.2 Å². The van der Waals surface area contributed by atoms with E-state index < -0.39 is 0 Å². The summed E-state index contributed by atoms with van der Waals surface area (Å²) in [6.45, 7) is 3.20. The van der Waals surface area contributed by atoms with Crippen LogP contribution in [0.5, 0.6) is 0 Å². The highest BCUT2D eigenvalue weighted by molar-refractivity contribution is 6.35. The van der Waals surface area contributed by atoms with Crippen LogP contribution in [0.2, 0.25) is 0 Å². The molecule has 38 heavy (non-hydrogen) atoms. The Morgan fingerprint density at radius 3 is 1.11 bits per heavy atom. The lowest BCUT2D eigenvalue weighted by molar-refractivity contribution is 0.100. The van der Waals surface area contributed by atoms with Crippen LogP contribution < -0.4 is 0 Å². The van der Waals surface area contributed by atoms with Gasteiger partial charge in [0.25, 0.3) is 0 Å². The third-order valence-electron chi connectivity index (χ3n) is 7.87. The first kappa shape index (κ1) is 22.4. The number of Topliss-reactive ketones (excluding diaryl/α,β-unsaturated/α-hetero) is 2. The van der Waals surface area contributed by atoms with Crippen molar-refractivity contribution >= 4 is 54.7 Å². The van der Waals surface area contributed by atoms with Crippen LogP contribution in [0.1, 0.15) is 34.6 Å². The highest BCUT2D eigenvalue weighted by Crippen LogP contribution is 2.45. The average Bonchev–Trinajstić information content (AvgIpc) is 2.95. The predicted molar refractivity (Wildman–Crippen MR) is 159 cm³/mol. The highest BCUT2D eigenvalue weighted by Gasteiger charge is 2.17. The quantitative estimate of drug-likeness (QED) is 0.140. The maximum atomic E-state index is 11.8. The molecule has 0 aromatic heterocycles. The van der Waals surface area contributed by atoms with Gasteiger partial charge in [0.2, 0.25) is 0 Å². The molecule has 180 valence electrons. The molecule has 7 aromatic rings. The molecule has 0 amide bonds. The van der Waals surface area contributed by atoms with Crippen LogP contribution in [0.4, 0.5) is 0 Å². The lowest BCUT2D eigenvalue weighted by atomic mass is 9.85. The molecule has 0 aliphatic carbocycles. The summed E-state index contributed by atoms with van der Waals surface area (Å²) in [5.74, 6) is 0.152. The zero-order chi connectivity index (χ0) is 26.0. The minimum Gasteiger partial charge on any atom is -0.295 e. The van der Waals surface area contributed by atoms with Crippen LogP contribution in [0, 0.1) is 0 Å². The highest BCUT2D eigenvalue weighted by atomic mass is 16.1. The van der Waals surface area contributed by atoms with Crippen molar-refractivity contribution in [3.05, 3.63) is 120 Å². The first-order valence-corrected chi connectivity index (χ1v) is 12.9. The predicted octanol–water partition coefficient (Wildman–Crippen LogP) is 9.48. The molecule has 7 rings (SSSR count).